The zero-order valence-corrected chi connectivity index (χ0v) is 37.1. The smallest absolute Gasteiger partial charge is 0.147 e. The van der Waals surface area contributed by atoms with E-state index in [-0.39, 0.29) is 30.2 Å². The van der Waals surface area contributed by atoms with E-state index in [4.69, 9.17) is 0 Å². The van der Waals surface area contributed by atoms with Crippen molar-refractivity contribution in [1.82, 2.24) is 0 Å². The Morgan fingerprint density at radius 2 is 1.16 bits per heavy atom. The summed E-state index contributed by atoms with van der Waals surface area (Å²) in [5, 5.41) is 0. The minimum atomic E-state index is -3.70. The molecule has 3 aliphatic rings. The molecule has 4 aromatic carbocycles. The van der Waals surface area contributed by atoms with Gasteiger partial charge >= 0.3 is 296 Å². The second kappa shape index (κ2) is 14.5. The monoisotopic (exact) mass is 798 g/mol. The Balaban J connectivity index is 0.00000243. The third-order valence-electron chi connectivity index (χ3n) is 12.3. The predicted octanol–water partition coefficient (Wildman–Crippen LogP) is 13.8. The van der Waals surface area contributed by atoms with Gasteiger partial charge in [-0.1, -0.05) is 0 Å². The van der Waals surface area contributed by atoms with Crippen molar-refractivity contribution in [3.8, 4) is 22.3 Å². The Bertz CT molecular complexity index is 1990. The van der Waals surface area contributed by atoms with Gasteiger partial charge in [0.15, 0.2) is 0 Å². The van der Waals surface area contributed by atoms with E-state index in [0.717, 1.165) is 0 Å². The van der Waals surface area contributed by atoms with Crippen molar-refractivity contribution in [2.45, 2.75) is 101 Å². The van der Waals surface area contributed by atoms with Crippen molar-refractivity contribution >= 4 is 43.8 Å². The molecule has 4 heteroatoms. The molecular formula is C46H58Cl2SiZr. The van der Waals surface area contributed by atoms with Crippen molar-refractivity contribution in [3.63, 3.8) is 0 Å². The average Bonchev–Trinajstić information content (AvgIpc) is 3.64. The number of benzene rings is 4. The molecule has 0 aromatic heterocycles. The number of allylic oxidation sites excluding steroid dienone is 2. The molecule has 1 saturated carbocycles. The third kappa shape index (κ3) is 6.94. The fourth-order valence-electron chi connectivity index (χ4n) is 9.95. The molecule has 0 nitrogen and oxygen atoms in total. The van der Waals surface area contributed by atoms with Crippen LogP contribution in [0.1, 0.15) is 120 Å². The summed E-state index contributed by atoms with van der Waals surface area (Å²) in [6.07, 6.45) is 12.2. The topological polar surface area (TPSA) is 0 Å². The van der Waals surface area contributed by atoms with E-state index in [1.54, 1.807) is 22.3 Å². The quantitative estimate of drug-likeness (QED) is 0.170. The van der Waals surface area contributed by atoms with Crippen LogP contribution in [0.5, 0.6) is 0 Å². The van der Waals surface area contributed by atoms with E-state index in [9.17, 15) is 0 Å². The summed E-state index contributed by atoms with van der Waals surface area (Å²) < 4.78 is 6.74. The van der Waals surface area contributed by atoms with E-state index >= 15 is 0 Å². The van der Waals surface area contributed by atoms with Gasteiger partial charge < -0.3 is 0 Å². The largest absolute Gasteiger partial charge is 0.147 e. The Kier molecular flexibility index (Phi) is 11.4. The van der Waals surface area contributed by atoms with Gasteiger partial charge in [-0.15, -0.1) is 24.8 Å². The summed E-state index contributed by atoms with van der Waals surface area (Å²) in [4.78, 5) is 0. The molecule has 0 spiro atoms. The van der Waals surface area contributed by atoms with Crippen molar-refractivity contribution in [1.29, 1.82) is 0 Å². The fourth-order valence-corrected chi connectivity index (χ4v) is 30.3. The second-order valence-electron chi connectivity index (χ2n) is 17.9. The molecule has 0 N–H and O–H groups in total. The Morgan fingerprint density at radius 1 is 0.660 bits per heavy atom. The molecule has 1 fully saturated rings. The van der Waals surface area contributed by atoms with Crippen LogP contribution in [0, 0.1) is 5.92 Å². The molecule has 2 unspecified atom stereocenters. The normalized spacial score (nSPS) is 19.2. The summed E-state index contributed by atoms with van der Waals surface area (Å²) in [7, 11) is 0. The van der Waals surface area contributed by atoms with Gasteiger partial charge in [0.05, 0.1) is 0 Å². The van der Waals surface area contributed by atoms with Crippen LogP contribution in [0.15, 0.2) is 96.1 Å². The van der Waals surface area contributed by atoms with Gasteiger partial charge in [-0.05, 0) is 0 Å². The van der Waals surface area contributed by atoms with Crippen LogP contribution in [0.25, 0.3) is 34.4 Å². The molecule has 7 rings (SSSR count). The van der Waals surface area contributed by atoms with Gasteiger partial charge in [0.25, 0.3) is 0 Å². The van der Waals surface area contributed by atoms with E-state index in [1.165, 1.54) is 76.6 Å². The zero-order valence-electron chi connectivity index (χ0n) is 31.6. The number of hydrogen-bond acceptors (Lipinski definition) is 0. The maximum atomic E-state index is 2.82. The van der Waals surface area contributed by atoms with Crippen LogP contribution >= 0.6 is 24.8 Å². The minimum absolute atomic E-state index is 0. The van der Waals surface area contributed by atoms with Gasteiger partial charge in [0, 0.05) is 0 Å². The molecule has 50 heavy (non-hydrogen) atoms. The van der Waals surface area contributed by atoms with E-state index in [2.05, 4.69) is 155 Å². The van der Waals surface area contributed by atoms with E-state index in [0.29, 0.717) is 19.1 Å². The maximum Gasteiger partial charge on any atom is -0.147 e. The second-order valence-corrected chi connectivity index (χ2v) is 48.4. The molecule has 0 heterocycles. The van der Waals surface area contributed by atoms with Gasteiger partial charge in [-0.2, -0.15) is 0 Å². The first-order valence-electron chi connectivity index (χ1n) is 18.7. The van der Waals surface area contributed by atoms with Gasteiger partial charge in [-0.25, -0.2) is 0 Å². The molecule has 0 bridgehead atoms. The number of halogens is 2. The molecule has 0 radical (unpaired) electrons. The van der Waals surface area contributed by atoms with Crippen LogP contribution in [0.3, 0.4) is 0 Å². The van der Waals surface area contributed by atoms with E-state index < -0.39 is 17.4 Å². The summed E-state index contributed by atoms with van der Waals surface area (Å²) in [6, 6.07) is 33.3. The first-order chi connectivity index (χ1) is 22.7. The summed E-state index contributed by atoms with van der Waals surface area (Å²) in [5.41, 5.74) is 18.1. The predicted molar refractivity (Wildman–Crippen MR) is 225 cm³/mol. The molecule has 2 atom stereocenters. The average molecular weight is 801 g/mol. The summed E-state index contributed by atoms with van der Waals surface area (Å²) >= 11 is -3.70. The van der Waals surface area contributed by atoms with Crippen LogP contribution in [0.4, 0.5) is 0 Å². The number of hydrogen-bond donors (Lipinski definition) is 0. The van der Waals surface area contributed by atoms with E-state index in [1.807, 2.05) is 0 Å². The molecule has 0 amide bonds. The maximum absolute atomic E-state index is 3.70. The molecule has 264 valence electrons. The van der Waals surface area contributed by atoms with Gasteiger partial charge in [0.2, 0.25) is 0 Å². The Hall–Kier alpha value is -1.96. The minimum Gasteiger partial charge on any atom is -0.147 e. The fraction of sp³-hybridized carbons (Fsp3) is 0.391. The van der Waals surface area contributed by atoms with Crippen LogP contribution in [-0.2, 0) is 22.8 Å². The van der Waals surface area contributed by atoms with Crippen molar-refractivity contribution in [2.75, 3.05) is 0 Å². The zero-order chi connectivity index (χ0) is 34.0. The molecule has 0 saturated heterocycles. The SMILES string of the molecule is CC1=Cc2c(-c3ccc(C(C)(C)C)cc3)cccc2[CH]1[Zr]([CH3])([CH3])(=[SiH2])[CH]1C(C2CCCCC2)=Cc2c(-c3ccc(C(C)C)cc3)cccc21.Cl.Cl. The van der Waals surface area contributed by atoms with Crippen molar-refractivity contribution < 1.29 is 17.4 Å². The van der Waals surface area contributed by atoms with Crippen LogP contribution in [0.2, 0.25) is 9.26 Å². The molecule has 4 aromatic rings. The Labute approximate surface area is 318 Å². The first kappa shape index (κ1) is 39.3. The van der Waals surface area contributed by atoms with Crippen LogP contribution < -0.4 is 0 Å². The van der Waals surface area contributed by atoms with Gasteiger partial charge in [-0.3, -0.25) is 0 Å². The summed E-state index contributed by atoms with van der Waals surface area (Å²) in [5.74, 6) is 1.26. The Morgan fingerprint density at radius 3 is 1.68 bits per heavy atom. The number of fused-ring (bicyclic) bond motifs is 2. The number of rotatable bonds is 6. The standard InChI is InChI=1S/C24H27.C20H21.2CH3.2ClH.H2Si.Zr/c1-17(2)18-11-13-20(14-12-18)23-10-6-9-21-15-22(16-24(21)23)19-7-4-3-5-8-19;1-14-12-16-6-5-7-18(19(16)13-14)15-8-10-17(11-9-15)20(2,3)4;;;;;;/h6,9-17,19H,3-5,7-8H2,1-2H3;5-13H,1-4H3;2*1H3;2*1H;1H2;. The van der Waals surface area contributed by atoms with Crippen LogP contribution in [-0.4, -0.2) is 6.88 Å². The molecular weight excluding hydrogens is 743 g/mol. The first-order valence-corrected chi connectivity index (χ1v) is 32.3. The summed E-state index contributed by atoms with van der Waals surface area (Å²) in [6.45, 7) is 16.5. The van der Waals surface area contributed by atoms with Crippen molar-refractivity contribution in [2.24, 2.45) is 5.92 Å². The molecule has 3 aliphatic carbocycles. The van der Waals surface area contributed by atoms with Gasteiger partial charge in [0.1, 0.15) is 0 Å². The van der Waals surface area contributed by atoms with Crippen molar-refractivity contribution in [3.05, 3.63) is 129 Å². The molecule has 0 aliphatic heterocycles. The third-order valence-corrected chi connectivity index (χ3v) is 29.9.